The summed E-state index contributed by atoms with van der Waals surface area (Å²) in [5.74, 6) is 0. The predicted molar refractivity (Wildman–Crippen MR) is 99.2 cm³/mol. The van der Waals surface area contributed by atoms with Gasteiger partial charge in [0.1, 0.15) is 0 Å². The number of rotatable bonds is 4. The summed E-state index contributed by atoms with van der Waals surface area (Å²) in [5, 5.41) is 7.50. The quantitative estimate of drug-likeness (QED) is 0.904. The Bertz CT molecular complexity index is 805. The first-order valence-electron chi connectivity index (χ1n) is 8.91. The number of benzene rings is 1. The molecule has 136 valence electrons. The van der Waals surface area contributed by atoms with Gasteiger partial charge in [-0.1, -0.05) is 25.0 Å². The normalized spacial score (nSPS) is 19.7. The van der Waals surface area contributed by atoms with Crippen LogP contribution in [0, 0.1) is 13.8 Å². The van der Waals surface area contributed by atoms with Crippen molar-refractivity contribution < 1.29 is 8.42 Å². The third kappa shape index (κ3) is 4.12. The van der Waals surface area contributed by atoms with E-state index in [9.17, 15) is 8.42 Å². The summed E-state index contributed by atoms with van der Waals surface area (Å²) in [4.78, 5) is 2.90. The Kier molecular flexibility index (Phi) is 5.29. The van der Waals surface area contributed by atoms with Crippen molar-refractivity contribution in [2.24, 2.45) is 0 Å². The third-order valence-electron chi connectivity index (χ3n) is 5.12. The van der Waals surface area contributed by atoms with Gasteiger partial charge in [0, 0.05) is 30.1 Å². The van der Waals surface area contributed by atoms with Crippen LogP contribution in [0.1, 0.15) is 54.2 Å². The molecule has 0 radical (unpaired) electrons. The minimum Gasteiger partial charge on any atom is -0.292 e. The van der Waals surface area contributed by atoms with E-state index in [1.165, 1.54) is 31.1 Å². The molecular weight excluding hydrogens is 334 g/mol. The SMILES string of the molecule is Cc1n[nH]c(C)c1C1CCCCCN1Cc1ccc(S(C)(=O)=O)cc1. The lowest BCUT2D eigenvalue weighted by Gasteiger charge is -2.30. The van der Waals surface area contributed by atoms with E-state index in [-0.39, 0.29) is 0 Å². The summed E-state index contributed by atoms with van der Waals surface area (Å²) < 4.78 is 23.3. The fourth-order valence-electron chi connectivity index (χ4n) is 3.81. The Labute approximate surface area is 150 Å². The molecule has 1 saturated heterocycles. The van der Waals surface area contributed by atoms with Crippen molar-refractivity contribution in [3.63, 3.8) is 0 Å². The van der Waals surface area contributed by atoms with E-state index in [1.807, 2.05) is 12.1 Å². The van der Waals surface area contributed by atoms with Gasteiger partial charge in [0.25, 0.3) is 0 Å². The lowest BCUT2D eigenvalue weighted by Crippen LogP contribution is -2.28. The van der Waals surface area contributed by atoms with E-state index in [0.29, 0.717) is 10.9 Å². The molecule has 1 N–H and O–H groups in total. The standard InChI is InChI=1S/C19H27N3O2S/c1-14-19(15(2)21-20-14)18-7-5-4-6-12-22(18)13-16-8-10-17(11-9-16)25(3,23)24/h8-11,18H,4-7,12-13H2,1-3H3,(H,20,21). The molecule has 0 aliphatic carbocycles. The highest BCUT2D eigenvalue weighted by Gasteiger charge is 2.26. The molecule has 1 fully saturated rings. The van der Waals surface area contributed by atoms with Gasteiger partial charge in [-0.05, 0) is 50.9 Å². The Hall–Kier alpha value is -1.66. The Morgan fingerprint density at radius 3 is 2.48 bits per heavy atom. The molecule has 25 heavy (non-hydrogen) atoms. The summed E-state index contributed by atoms with van der Waals surface area (Å²) in [6, 6.07) is 7.68. The van der Waals surface area contributed by atoms with E-state index in [4.69, 9.17) is 0 Å². The molecule has 0 amide bonds. The zero-order valence-electron chi connectivity index (χ0n) is 15.2. The second-order valence-corrected chi connectivity index (χ2v) is 9.12. The van der Waals surface area contributed by atoms with Crippen LogP contribution in [0.5, 0.6) is 0 Å². The number of hydrogen-bond donors (Lipinski definition) is 1. The molecule has 5 nitrogen and oxygen atoms in total. The molecule has 1 aliphatic heterocycles. The van der Waals surface area contributed by atoms with Gasteiger partial charge in [-0.3, -0.25) is 10.00 Å². The van der Waals surface area contributed by atoms with E-state index < -0.39 is 9.84 Å². The van der Waals surface area contributed by atoms with Crippen LogP contribution >= 0.6 is 0 Å². The zero-order valence-corrected chi connectivity index (χ0v) is 16.1. The molecular formula is C19H27N3O2S. The van der Waals surface area contributed by atoms with Gasteiger partial charge < -0.3 is 0 Å². The van der Waals surface area contributed by atoms with Crippen molar-refractivity contribution >= 4 is 9.84 Å². The number of nitrogens with zero attached hydrogens (tertiary/aromatic N) is 2. The second-order valence-electron chi connectivity index (χ2n) is 7.10. The molecule has 0 bridgehead atoms. The van der Waals surface area contributed by atoms with E-state index in [2.05, 4.69) is 28.9 Å². The molecule has 0 spiro atoms. The zero-order chi connectivity index (χ0) is 18.0. The highest BCUT2D eigenvalue weighted by Crippen LogP contribution is 2.34. The summed E-state index contributed by atoms with van der Waals surface area (Å²) in [5.41, 5.74) is 4.72. The fraction of sp³-hybridized carbons (Fsp3) is 0.526. The second kappa shape index (κ2) is 7.30. The largest absolute Gasteiger partial charge is 0.292 e. The molecule has 0 saturated carbocycles. The van der Waals surface area contributed by atoms with Gasteiger partial charge in [0.05, 0.1) is 10.6 Å². The summed E-state index contributed by atoms with van der Waals surface area (Å²) in [6.45, 7) is 6.06. The Balaban J connectivity index is 1.85. The van der Waals surface area contributed by atoms with E-state index in [1.54, 1.807) is 12.1 Å². The van der Waals surface area contributed by atoms with Crippen molar-refractivity contribution in [1.29, 1.82) is 0 Å². The van der Waals surface area contributed by atoms with Gasteiger partial charge in [-0.25, -0.2) is 8.42 Å². The lowest BCUT2D eigenvalue weighted by molar-refractivity contribution is 0.191. The van der Waals surface area contributed by atoms with Crippen LogP contribution in [-0.2, 0) is 16.4 Å². The Morgan fingerprint density at radius 1 is 1.16 bits per heavy atom. The van der Waals surface area contributed by atoms with Crippen LogP contribution in [0.25, 0.3) is 0 Å². The maximum absolute atomic E-state index is 11.6. The van der Waals surface area contributed by atoms with Crippen LogP contribution in [0.2, 0.25) is 0 Å². The number of likely N-dealkylation sites (tertiary alicyclic amines) is 1. The molecule has 1 aromatic carbocycles. The molecule has 6 heteroatoms. The molecule has 1 atom stereocenters. The minimum atomic E-state index is -3.14. The van der Waals surface area contributed by atoms with Crippen LogP contribution in [-0.4, -0.2) is 36.3 Å². The number of hydrogen-bond acceptors (Lipinski definition) is 4. The highest BCUT2D eigenvalue weighted by molar-refractivity contribution is 7.90. The molecule has 1 aromatic heterocycles. The molecule has 1 aliphatic rings. The first-order valence-corrected chi connectivity index (χ1v) is 10.8. The van der Waals surface area contributed by atoms with Crippen molar-refractivity contribution in [2.45, 2.75) is 57.0 Å². The van der Waals surface area contributed by atoms with Gasteiger partial charge in [0.2, 0.25) is 0 Å². The summed E-state index contributed by atoms with van der Waals surface area (Å²) in [7, 11) is -3.14. The van der Waals surface area contributed by atoms with Crippen molar-refractivity contribution in [2.75, 3.05) is 12.8 Å². The minimum absolute atomic E-state index is 0.371. The average Bonchev–Trinajstić information content (AvgIpc) is 2.75. The third-order valence-corrected chi connectivity index (χ3v) is 6.25. The topological polar surface area (TPSA) is 66.1 Å². The maximum atomic E-state index is 11.6. The van der Waals surface area contributed by atoms with Crippen molar-refractivity contribution in [1.82, 2.24) is 15.1 Å². The Morgan fingerprint density at radius 2 is 1.88 bits per heavy atom. The summed E-state index contributed by atoms with van der Waals surface area (Å²) in [6.07, 6.45) is 6.09. The first-order chi connectivity index (χ1) is 11.9. The maximum Gasteiger partial charge on any atom is 0.175 e. The van der Waals surface area contributed by atoms with Gasteiger partial charge in [-0.2, -0.15) is 5.10 Å². The molecule has 3 rings (SSSR count). The number of aromatic amines is 1. The van der Waals surface area contributed by atoms with Crippen LogP contribution in [0.3, 0.4) is 0 Å². The monoisotopic (exact) mass is 361 g/mol. The number of sulfone groups is 1. The molecule has 2 aromatic rings. The smallest absolute Gasteiger partial charge is 0.175 e. The van der Waals surface area contributed by atoms with Crippen molar-refractivity contribution in [3.8, 4) is 0 Å². The fourth-order valence-corrected chi connectivity index (χ4v) is 4.44. The number of aryl methyl sites for hydroxylation is 2. The summed E-state index contributed by atoms with van der Waals surface area (Å²) >= 11 is 0. The van der Waals surface area contributed by atoms with Gasteiger partial charge >= 0.3 is 0 Å². The van der Waals surface area contributed by atoms with Crippen LogP contribution in [0.4, 0.5) is 0 Å². The highest BCUT2D eigenvalue weighted by atomic mass is 32.2. The predicted octanol–water partition coefficient (Wildman–Crippen LogP) is 3.55. The van der Waals surface area contributed by atoms with Crippen LogP contribution in [0.15, 0.2) is 29.2 Å². The average molecular weight is 362 g/mol. The number of aromatic nitrogens is 2. The first kappa shape index (κ1) is 18.1. The van der Waals surface area contributed by atoms with Gasteiger partial charge in [-0.15, -0.1) is 0 Å². The lowest BCUT2D eigenvalue weighted by atomic mass is 9.98. The number of H-pyrrole nitrogens is 1. The molecule has 2 heterocycles. The molecule has 1 unspecified atom stereocenters. The van der Waals surface area contributed by atoms with Gasteiger partial charge in [0.15, 0.2) is 9.84 Å². The number of nitrogens with one attached hydrogen (secondary N) is 1. The van der Waals surface area contributed by atoms with E-state index in [0.717, 1.165) is 36.5 Å². The van der Waals surface area contributed by atoms with Crippen LogP contribution < -0.4 is 0 Å². The van der Waals surface area contributed by atoms with Crippen molar-refractivity contribution in [3.05, 3.63) is 46.8 Å². The van der Waals surface area contributed by atoms with E-state index >= 15 is 0 Å².